The number of amides is 1. The summed E-state index contributed by atoms with van der Waals surface area (Å²) in [7, 11) is 0. The third kappa shape index (κ3) is 3.21. The quantitative estimate of drug-likeness (QED) is 0.842. The van der Waals surface area contributed by atoms with Crippen molar-refractivity contribution in [3.8, 4) is 0 Å². The number of nitrogens with one attached hydrogen (secondary N) is 1. The van der Waals surface area contributed by atoms with Crippen LogP contribution in [0.15, 0.2) is 42.5 Å². The second-order valence-corrected chi connectivity index (χ2v) is 8.96. The van der Waals surface area contributed by atoms with E-state index in [0.717, 1.165) is 56.8 Å². The standard InChI is InChI=1S/C23H26N2O2S/c26-22(25-13-6-18(7-14-25)17-4-2-1-3-5-17)20-16-19-8-15-27-23(21(19)28-20)9-11-24-12-10-23/h1-6,16,24H,7-15H2. The molecule has 5 heteroatoms. The molecule has 1 amide bonds. The molecule has 0 saturated carbocycles. The Hall–Kier alpha value is -1.95. The number of hydrogen-bond donors (Lipinski definition) is 1. The number of carbonyl (C=O) groups excluding carboxylic acids is 1. The summed E-state index contributed by atoms with van der Waals surface area (Å²) in [4.78, 5) is 17.4. The Morgan fingerprint density at radius 3 is 2.71 bits per heavy atom. The van der Waals surface area contributed by atoms with Gasteiger partial charge in [0.15, 0.2) is 0 Å². The van der Waals surface area contributed by atoms with Gasteiger partial charge in [-0.05, 0) is 61.5 Å². The molecule has 3 aliphatic heterocycles. The van der Waals surface area contributed by atoms with E-state index in [0.29, 0.717) is 6.54 Å². The molecule has 1 N–H and O–H groups in total. The van der Waals surface area contributed by atoms with E-state index in [-0.39, 0.29) is 11.5 Å². The molecule has 2 aromatic rings. The number of thiophene rings is 1. The van der Waals surface area contributed by atoms with Crippen LogP contribution in [0.4, 0.5) is 0 Å². The zero-order valence-corrected chi connectivity index (χ0v) is 16.9. The van der Waals surface area contributed by atoms with Gasteiger partial charge in [0, 0.05) is 18.0 Å². The fourth-order valence-electron chi connectivity index (χ4n) is 4.65. The average molecular weight is 395 g/mol. The molecule has 5 rings (SSSR count). The highest BCUT2D eigenvalue weighted by Crippen LogP contribution is 2.44. The fraction of sp³-hybridized carbons (Fsp3) is 0.435. The van der Waals surface area contributed by atoms with Gasteiger partial charge in [0.2, 0.25) is 0 Å². The first-order valence-corrected chi connectivity index (χ1v) is 11.1. The van der Waals surface area contributed by atoms with Gasteiger partial charge in [0.1, 0.15) is 5.60 Å². The number of piperidine rings is 1. The molecule has 0 bridgehead atoms. The molecular weight excluding hydrogens is 368 g/mol. The summed E-state index contributed by atoms with van der Waals surface area (Å²) in [5, 5.41) is 3.43. The van der Waals surface area contributed by atoms with E-state index in [1.165, 1.54) is 21.6 Å². The van der Waals surface area contributed by atoms with Crippen LogP contribution < -0.4 is 5.32 Å². The molecule has 0 unspecified atom stereocenters. The number of carbonyl (C=O) groups is 1. The van der Waals surface area contributed by atoms with Gasteiger partial charge in [-0.2, -0.15) is 0 Å². The minimum absolute atomic E-state index is 0.162. The van der Waals surface area contributed by atoms with Crippen LogP contribution in [-0.2, 0) is 16.8 Å². The maximum Gasteiger partial charge on any atom is 0.264 e. The zero-order valence-electron chi connectivity index (χ0n) is 16.1. The summed E-state index contributed by atoms with van der Waals surface area (Å²) in [6.45, 7) is 4.22. The molecule has 146 valence electrons. The summed E-state index contributed by atoms with van der Waals surface area (Å²) >= 11 is 1.67. The first-order valence-electron chi connectivity index (χ1n) is 10.3. The predicted octanol–water partition coefficient (Wildman–Crippen LogP) is 3.83. The van der Waals surface area contributed by atoms with Crippen molar-refractivity contribution in [1.82, 2.24) is 10.2 Å². The summed E-state index contributed by atoms with van der Waals surface area (Å²) in [6, 6.07) is 12.6. The van der Waals surface area contributed by atoms with E-state index < -0.39 is 0 Å². The highest BCUT2D eigenvalue weighted by molar-refractivity contribution is 7.14. The van der Waals surface area contributed by atoms with Crippen LogP contribution in [0.3, 0.4) is 0 Å². The normalized spacial score (nSPS) is 21.3. The molecule has 3 aliphatic rings. The fourth-order valence-corrected chi connectivity index (χ4v) is 6.03. The Bertz CT molecular complexity index is 897. The Morgan fingerprint density at radius 2 is 1.96 bits per heavy atom. The van der Waals surface area contributed by atoms with Crippen molar-refractivity contribution in [2.75, 3.05) is 32.8 Å². The molecule has 4 heterocycles. The summed E-state index contributed by atoms with van der Waals surface area (Å²) in [5.41, 5.74) is 3.78. The van der Waals surface area contributed by atoms with Crippen LogP contribution in [0.5, 0.6) is 0 Å². The zero-order chi connectivity index (χ0) is 19.0. The first-order chi connectivity index (χ1) is 13.8. The number of benzene rings is 1. The van der Waals surface area contributed by atoms with E-state index in [9.17, 15) is 4.79 Å². The van der Waals surface area contributed by atoms with Crippen molar-refractivity contribution < 1.29 is 9.53 Å². The number of nitrogens with zero attached hydrogens (tertiary/aromatic N) is 1. The van der Waals surface area contributed by atoms with Gasteiger partial charge < -0.3 is 15.0 Å². The summed E-state index contributed by atoms with van der Waals surface area (Å²) in [5.74, 6) is 0.173. The number of rotatable bonds is 2. The smallest absolute Gasteiger partial charge is 0.264 e. The van der Waals surface area contributed by atoms with Crippen molar-refractivity contribution in [1.29, 1.82) is 0 Å². The van der Waals surface area contributed by atoms with Crippen LogP contribution in [-0.4, -0.2) is 43.6 Å². The van der Waals surface area contributed by atoms with Crippen molar-refractivity contribution in [3.05, 3.63) is 63.4 Å². The van der Waals surface area contributed by atoms with Gasteiger partial charge >= 0.3 is 0 Å². The largest absolute Gasteiger partial charge is 0.369 e. The lowest BCUT2D eigenvalue weighted by Crippen LogP contribution is -2.44. The number of fused-ring (bicyclic) bond motifs is 2. The van der Waals surface area contributed by atoms with E-state index in [2.05, 4.69) is 41.7 Å². The van der Waals surface area contributed by atoms with Gasteiger partial charge in [-0.3, -0.25) is 4.79 Å². The van der Waals surface area contributed by atoms with E-state index in [1.807, 2.05) is 11.0 Å². The molecule has 1 fully saturated rings. The molecule has 0 aliphatic carbocycles. The topological polar surface area (TPSA) is 41.6 Å². The third-order valence-electron chi connectivity index (χ3n) is 6.24. The maximum atomic E-state index is 13.2. The van der Waals surface area contributed by atoms with Crippen molar-refractivity contribution in [2.24, 2.45) is 0 Å². The molecule has 1 aromatic carbocycles. The Kier molecular flexibility index (Phi) is 4.83. The molecule has 1 saturated heterocycles. The van der Waals surface area contributed by atoms with Gasteiger partial charge in [-0.25, -0.2) is 0 Å². The molecule has 0 radical (unpaired) electrons. The lowest BCUT2D eigenvalue weighted by molar-refractivity contribution is -0.0771. The minimum atomic E-state index is -0.162. The highest BCUT2D eigenvalue weighted by Gasteiger charge is 2.41. The SMILES string of the molecule is O=C(c1cc2c(s1)C1(CCNCC1)OCC2)N1CC=C(c2ccccc2)CC1. The number of hydrogen-bond acceptors (Lipinski definition) is 4. The van der Waals surface area contributed by atoms with E-state index in [4.69, 9.17) is 4.74 Å². The van der Waals surface area contributed by atoms with Crippen LogP contribution in [0.1, 0.15) is 44.9 Å². The van der Waals surface area contributed by atoms with Crippen molar-refractivity contribution in [3.63, 3.8) is 0 Å². The van der Waals surface area contributed by atoms with Gasteiger partial charge in [-0.1, -0.05) is 36.4 Å². The molecule has 28 heavy (non-hydrogen) atoms. The minimum Gasteiger partial charge on any atom is -0.369 e. The van der Waals surface area contributed by atoms with Crippen molar-refractivity contribution in [2.45, 2.75) is 31.3 Å². The molecule has 4 nitrogen and oxygen atoms in total. The second kappa shape index (κ2) is 7.47. The van der Waals surface area contributed by atoms with Gasteiger partial charge in [0.25, 0.3) is 5.91 Å². The summed E-state index contributed by atoms with van der Waals surface area (Å²) in [6.07, 6.45) is 6.05. The maximum absolute atomic E-state index is 13.2. The van der Waals surface area contributed by atoms with Crippen LogP contribution in [0.25, 0.3) is 5.57 Å². The van der Waals surface area contributed by atoms with Crippen LogP contribution >= 0.6 is 11.3 Å². The highest BCUT2D eigenvalue weighted by atomic mass is 32.1. The van der Waals surface area contributed by atoms with E-state index >= 15 is 0 Å². The second-order valence-electron chi connectivity index (χ2n) is 7.90. The first kappa shape index (κ1) is 18.1. The Balaban J connectivity index is 1.35. The lowest BCUT2D eigenvalue weighted by Gasteiger charge is -2.40. The van der Waals surface area contributed by atoms with Crippen LogP contribution in [0.2, 0.25) is 0 Å². The van der Waals surface area contributed by atoms with E-state index in [1.54, 1.807) is 11.3 Å². The Morgan fingerprint density at radius 1 is 1.14 bits per heavy atom. The van der Waals surface area contributed by atoms with Crippen LogP contribution in [0, 0.1) is 0 Å². The van der Waals surface area contributed by atoms with Crippen molar-refractivity contribution >= 4 is 22.8 Å². The number of ether oxygens (including phenoxy) is 1. The third-order valence-corrected chi connectivity index (χ3v) is 7.59. The van der Waals surface area contributed by atoms with Gasteiger partial charge in [0.05, 0.1) is 11.5 Å². The van der Waals surface area contributed by atoms with Gasteiger partial charge in [-0.15, -0.1) is 11.3 Å². The lowest BCUT2D eigenvalue weighted by atomic mass is 9.86. The summed E-state index contributed by atoms with van der Waals surface area (Å²) < 4.78 is 6.27. The Labute approximate surface area is 170 Å². The average Bonchev–Trinajstić information content (AvgIpc) is 3.21. The monoisotopic (exact) mass is 394 g/mol. The molecular formula is C23H26N2O2S. The molecule has 0 atom stereocenters. The predicted molar refractivity (Wildman–Crippen MR) is 113 cm³/mol. The molecule has 1 aromatic heterocycles. The molecule has 1 spiro atoms.